The van der Waals surface area contributed by atoms with E-state index in [9.17, 15) is 0 Å². The minimum absolute atomic E-state index is 0. The van der Waals surface area contributed by atoms with E-state index in [0.717, 1.165) is 24.1 Å². The van der Waals surface area contributed by atoms with Gasteiger partial charge in [-0.15, -0.1) is 24.0 Å². The normalized spacial score (nSPS) is 17.1. The van der Waals surface area contributed by atoms with Gasteiger partial charge in [-0.2, -0.15) is 0 Å². The van der Waals surface area contributed by atoms with Crippen LogP contribution >= 0.6 is 35.6 Å². The van der Waals surface area contributed by atoms with Crippen molar-refractivity contribution in [3.63, 3.8) is 0 Å². The summed E-state index contributed by atoms with van der Waals surface area (Å²) in [5.41, 5.74) is 1.46. The Kier molecular flexibility index (Phi) is 8.64. The zero-order valence-corrected chi connectivity index (χ0v) is 17.2. The number of nitrogens with one attached hydrogen (secondary N) is 2. The van der Waals surface area contributed by atoms with Gasteiger partial charge in [0.25, 0.3) is 0 Å². The predicted molar refractivity (Wildman–Crippen MR) is 108 cm³/mol. The van der Waals surface area contributed by atoms with Gasteiger partial charge in [-0.05, 0) is 44.4 Å². The Balaban J connectivity index is 0.00000264. The molecule has 1 aliphatic rings. The van der Waals surface area contributed by atoms with Crippen LogP contribution in [0, 0.1) is 0 Å². The molecule has 1 atom stereocenters. The first-order chi connectivity index (χ1) is 10.6. The number of rotatable bonds is 7. The van der Waals surface area contributed by atoms with Gasteiger partial charge < -0.3 is 15.4 Å². The van der Waals surface area contributed by atoms with Crippen molar-refractivity contribution in [1.82, 2.24) is 10.6 Å². The molecule has 130 valence electrons. The third kappa shape index (κ3) is 6.12. The molecule has 2 N–H and O–H groups in total. The Morgan fingerprint density at radius 2 is 2.17 bits per heavy atom. The molecule has 1 saturated carbocycles. The highest BCUT2D eigenvalue weighted by Crippen LogP contribution is 2.48. The van der Waals surface area contributed by atoms with Crippen LogP contribution in [-0.2, 0) is 10.2 Å². The van der Waals surface area contributed by atoms with Crippen LogP contribution in [0.15, 0.2) is 29.3 Å². The van der Waals surface area contributed by atoms with Crippen molar-refractivity contribution < 1.29 is 4.74 Å². The fraction of sp³-hybridized carbons (Fsp3) is 0.588. The van der Waals surface area contributed by atoms with Crippen LogP contribution in [0.25, 0.3) is 0 Å². The summed E-state index contributed by atoms with van der Waals surface area (Å²) in [5, 5.41) is 7.46. The van der Waals surface area contributed by atoms with E-state index < -0.39 is 0 Å². The predicted octanol–water partition coefficient (Wildman–Crippen LogP) is 3.58. The van der Waals surface area contributed by atoms with Crippen molar-refractivity contribution in [3.8, 4) is 0 Å². The zero-order chi connectivity index (χ0) is 16.0. The van der Waals surface area contributed by atoms with Gasteiger partial charge >= 0.3 is 0 Å². The number of methoxy groups -OCH3 is 1. The van der Waals surface area contributed by atoms with Gasteiger partial charge in [0.1, 0.15) is 0 Å². The van der Waals surface area contributed by atoms with Gasteiger partial charge in [-0.1, -0.05) is 23.7 Å². The maximum atomic E-state index is 6.12. The van der Waals surface area contributed by atoms with Crippen LogP contribution in [0.2, 0.25) is 5.02 Å². The van der Waals surface area contributed by atoms with Crippen molar-refractivity contribution in [2.24, 2.45) is 4.99 Å². The molecular formula is C17H27ClIN3O. The van der Waals surface area contributed by atoms with Crippen molar-refractivity contribution >= 4 is 41.5 Å². The number of nitrogens with zero attached hydrogens (tertiary/aromatic N) is 1. The second-order valence-electron chi connectivity index (χ2n) is 5.99. The lowest BCUT2D eigenvalue weighted by atomic mass is 9.96. The van der Waals surface area contributed by atoms with Crippen molar-refractivity contribution in [2.75, 3.05) is 26.8 Å². The SMILES string of the molecule is CCNC(=NCC1(c2cccc(Cl)c2)CC1)NC(C)COC.I. The Bertz CT molecular complexity index is 520. The quantitative estimate of drug-likeness (QED) is 0.378. The largest absolute Gasteiger partial charge is 0.383 e. The Morgan fingerprint density at radius 3 is 2.74 bits per heavy atom. The lowest BCUT2D eigenvalue weighted by Gasteiger charge is -2.19. The molecule has 0 aromatic heterocycles. The van der Waals surface area contributed by atoms with E-state index in [2.05, 4.69) is 36.6 Å². The average Bonchev–Trinajstić information content (AvgIpc) is 3.26. The van der Waals surface area contributed by atoms with Crippen LogP contribution in [0.1, 0.15) is 32.3 Å². The van der Waals surface area contributed by atoms with E-state index in [0.29, 0.717) is 6.61 Å². The fourth-order valence-electron chi connectivity index (χ4n) is 2.58. The fourth-order valence-corrected chi connectivity index (χ4v) is 2.77. The molecule has 23 heavy (non-hydrogen) atoms. The maximum absolute atomic E-state index is 6.12. The number of aliphatic imine (C=N–C) groups is 1. The summed E-state index contributed by atoms with van der Waals surface area (Å²) in [5.74, 6) is 0.848. The summed E-state index contributed by atoms with van der Waals surface area (Å²) in [7, 11) is 1.71. The number of halogens is 2. The summed E-state index contributed by atoms with van der Waals surface area (Å²) in [6.07, 6.45) is 2.34. The molecule has 0 aliphatic heterocycles. The van der Waals surface area contributed by atoms with E-state index >= 15 is 0 Å². The molecule has 6 heteroatoms. The zero-order valence-electron chi connectivity index (χ0n) is 14.1. The van der Waals surface area contributed by atoms with Crippen LogP contribution < -0.4 is 10.6 Å². The minimum Gasteiger partial charge on any atom is -0.383 e. The molecular weight excluding hydrogens is 425 g/mol. The Labute approximate surface area is 161 Å². The van der Waals surface area contributed by atoms with Gasteiger partial charge in [-0.25, -0.2) is 0 Å². The monoisotopic (exact) mass is 451 g/mol. The molecule has 0 heterocycles. The van der Waals surface area contributed by atoms with Crippen molar-refractivity contribution in [1.29, 1.82) is 0 Å². The second-order valence-corrected chi connectivity index (χ2v) is 6.42. The van der Waals surface area contributed by atoms with Crippen LogP contribution in [0.5, 0.6) is 0 Å². The maximum Gasteiger partial charge on any atom is 0.191 e. The van der Waals surface area contributed by atoms with Gasteiger partial charge in [0, 0.05) is 30.1 Å². The van der Waals surface area contributed by atoms with Crippen molar-refractivity contribution in [2.45, 2.75) is 38.1 Å². The average molecular weight is 452 g/mol. The van der Waals surface area contributed by atoms with Gasteiger partial charge in [0.05, 0.1) is 13.2 Å². The summed E-state index contributed by atoms with van der Waals surface area (Å²) >= 11 is 6.12. The molecule has 0 amide bonds. The third-order valence-electron chi connectivity index (χ3n) is 3.97. The van der Waals surface area contributed by atoms with E-state index in [1.807, 2.05) is 12.1 Å². The summed E-state index contributed by atoms with van der Waals surface area (Å²) in [6.45, 7) is 6.43. The first-order valence-electron chi connectivity index (χ1n) is 7.89. The van der Waals surface area contributed by atoms with Crippen LogP contribution in [0.3, 0.4) is 0 Å². The molecule has 0 spiro atoms. The molecule has 0 radical (unpaired) electrons. The van der Waals surface area contributed by atoms with Gasteiger partial charge in [-0.3, -0.25) is 4.99 Å². The topological polar surface area (TPSA) is 45.7 Å². The summed E-state index contributed by atoms with van der Waals surface area (Å²) < 4.78 is 5.16. The molecule has 2 rings (SSSR count). The highest BCUT2D eigenvalue weighted by molar-refractivity contribution is 14.0. The van der Waals surface area contributed by atoms with Crippen LogP contribution in [-0.4, -0.2) is 38.8 Å². The molecule has 0 bridgehead atoms. The van der Waals surface area contributed by atoms with Gasteiger partial charge in [0.15, 0.2) is 5.96 Å². The van der Waals surface area contributed by atoms with Crippen molar-refractivity contribution in [3.05, 3.63) is 34.9 Å². The highest BCUT2D eigenvalue weighted by Gasteiger charge is 2.44. The first kappa shape index (κ1) is 20.5. The first-order valence-corrected chi connectivity index (χ1v) is 8.27. The highest BCUT2D eigenvalue weighted by atomic mass is 127. The number of guanidine groups is 1. The number of ether oxygens (including phenoxy) is 1. The molecule has 1 aromatic rings. The lowest BCUT2D eigenvalue weighted by molar-refractivity contribution is 0.179. The second kappa shape index (κ2) is 9.69. The van der Waals surface area contributed by atoms with E-state index in [1.54, 1.807) is 7.11 Å². The van der Waals surface area contributed by atoms with E-state index in [1.165, 1.54) is 18.4 Å². The standard InChI is InChI=1S/C17H26ClN3O.HI/c1-4-19-16(21-13(2)11-22-3)20-12-17(8-9-17)14-6-5-7-15(18)10-14;/h5-7,10,13H,4,8-9,11-12H2,1-3H3,(H2,19,20,21);1H. The lowest BCUT2D eigenvalue weighted by Crippen LogP contribution is -2.44. The minimum atomic E-state index is 0. The third-order valence-corrected chi connectivity index (χ3v) is 4.21. The Morgan fingerprint density at radius 1 is 1.43 bits per heavy atom. The Hall–Kier alpha value is -0.530. The van der Waals surface area contributed by atoms with E-state index in [4.69, 9.17) is 21.3 Å². The number of benzene rings is 1. The molecule has 1 aromatic carbocycles. The number of hydrogen-bond acceptors (Lipinski definition) is 2. The van der Waals surface area contributed by atoms with Gasteiger partial charge in [0.2, 0.25) is 0 Å². The summed E-state index contributed by atoms with van der Waals surface area (Å²) in [4.78, 5) is 4.77. The number of hydrogen-bond donors (Lipinski definition) is 2. The molecule has 1 aliphatic carbocycles. The molecule has 1 unspecified atom stereocenters. The molecule has 4 nitrogen and oxygen atoms in total. The van der Waals surface area contributed by atoms with E-state index in [-0.39, 0.29) is 35.4 Å². The van der Waals surface area contributed by atoms with Crippen LogP contribution in [0.4, 0.5) is 0 Å². The smallest absolute Gasteiger partial charge is 0.191 e. The molecule has 1 fully saturated rings. The summed E-state index contributed by atoms with van der Waals surface area (Å²) in [6, 6.07) is 8.39. The molecule has 0 saturated heterocycles.